The first-order valence-electron chi connectivity index (χ1n) is 7.70. The van der Waals surface area contributed by atoms with E-state index in [9.17, 15) is 0 Å². The maximum atomic E-state index is 8.77. The van der Waals surface area contributed by atoms with Crippen molar-refractivity contribution in [1.29, 1.82) is 5.26 Å². The third-order valence-corrected chi connectivity index (χ3v) is 4.07. The molecule has 2 aromatic rings. The Morgan fingerprint density at radius 1 is 1.36 bits per heavy atom. The number of ether oxygens (including phenoxy) is 1. The molecule has 1 N–H and O–H groups in total. The third-order valence-electron chi connectivity index (χ3n) is 4.07. The number of hydrogen-bond donors (Lipinski definition) is 1. The molecule has 1 atom stereocenters. The van der Waals surface area contributed by atoms with Gasteiger partial charge >= 0.3 is 0 Å². The highest BCUT2D eigenvalue weighted by Gasteiger charge is 2.22. The van der Waals surface area contributed by atoms with E-state index in [0.717, 1.165) is 31.2 Å². The molecule has 0 saturated carbocycles. The predicted octanol–water partition coefficient (Wildman–Crippen LogP) is 2.54. The molecule has 5 heteroatoms. The number of H-pyrrole nitrogens is 1. The second kappa shape index (κ2) is 7.10. The summed E-state index contributed by atoms with van der Waals surface area (Å²) in [5, 5.41) is 8.77. The fourth-order valence-electron chi connectivity index (χ4n) is 2.90. The van der Waals surface area contributed by atoms with E-state index in [2.05, 4.69) is 20.9 Å². The molecule has 1 unspecified atom stereocenters. The van der Waals surface area contributed by atoms with E-state index < -0.39 is 0 Å². The maximum absolute atomic E-state index is 8.77. The zero-order chi connectivity index (χ0) is 15.2. The molecule has 2 heterocycles. The molecule has 1 aromatic carbocycles. The third kappa shape index (κ3) is 3.66. The first-order chi connectivity index (χ1) is 10.8. The van der Waals surface area contributed by atoms with Gasteiger partial charge in [0.1, 0.15) is 18.2 Å². The van der Waals surface area contributed by atoms with Gasteiger partial charge < -0.3 is 9.72 Å². The number of nitriles is 1. The van der Waals surface area contributed by atoms with Gasteiger partial charge in [-0.3, -0.25) is 4.90 Å². The van der Waals surface area contributed by atoms with Gasteiger partial charge in [-0.05, 0) is 43.7 Å². The quantitative estimate of drug-likeness (QED) is 0.921. The van der Waals surface area contributed by atoms with Gasteiger partial charge in [-0.25, -0.2) is 4.98 Å². The average molecular weight is 296 g/mol. The molecule has 1 aliphatic heterocycles. The van der Waals surface area contributed by atoms with Gasteiger partial charge in [-0.15, -0.1) is 0 Å². The van der Waals surface area contributed by atoms with Crippen LogP contribution in [0.25, 0.3) is 0 Å². The molecule has 0 amide bonds. The lowest BCUT2D eigenvalue weighted by molar-refractivity contribution is 0.168. The summed E-state index contributed by atoms with van der Waals surface area (Å²) in [5.41, 5.74) is 0.657. The Kier molecular flexibility index (Phi) is 4.71. The van der Waals surface area contributed by atoms with Crippen molar-refractivity contribution in [3.05, 3.63) is 48.0 Å². The lowest BCUT2D eigenvalue weighted by Crippen LogP contribution is -2.37. The van der Waals surface area contributed by atoms with Crippen LogP contribution in [0.5, 0.6) is 5.75 Å². The van der Waals surface area contributed by atoms with Crippen LogP contribution in [-0.2, 0) is 0 Å². The monoisotopic (exact) mass is 296 g/mol. The van der Waals surface area contributed by atoms with Crippen LogP contribution >= 0.6 is 0 Å². The maximum Gasteiger partial charge on any atom is 0.119 e. The van der Waals surface area contributed by atoms with Crippen LogP contribution in [0.2, 0.25) is 0 Å². The molecular formula is C17H20N4O. The highest BCUT2D eigenvalue weighted by molar-refractivity contribution is 5.34. The molecule has 0 aliphatic carbocycles. The summed E-state index contributed by atoms with van der Waals surface area (Å²) in [7, 11) is 0. The number of aromatic amines is 1. The fraction of sp³-hybridized carbons (Fsp3) is 0.412. The first-order valence-corrected chi connectivity index (χ1v) is 7.70. The summed E-state index contributed by atoms with van der Waals surface area (Å²) in [6.45, 7) is 3.73. The summed E-state index contributed by atoms with van der Waals surface area (Å²) in [6, 6.07) is 9.36. The second-order valence-electron chi connectivity index (χ2n) is 5.60. The summed E-state index contributed by atoms with van der Waals surface area (Å²) < 4.78 is 5.76. The van der Waals surface area contributed by atoms with Crippen LogP contribution in [-0.4, -0.2) is 41.1 Å². The van der Waals surface area contributed by atoms with Crippen LogP contribution in [0.1, 0.15) is 30.1 Å². The number of rotatable bonds is 5. The van der Waals surface area contributed by atoms with Crippen molar-refractivity contribution in [2.24, 2.45) is 0 Å². The van der Waals surface area contributed by atoms with Crippen molar-refractivity contribution in [2.75, 3.05) is 26.2 Å². The molecule has 1 aliphatic rings. The van der Waals surface area contributed by atoms with Gasteiger partial charge in [0, 0.05) is 31.4 Å². The highest BCUT2D eigenvalue weighted by Crippen LogP contribution is 2.24. The Morgan fingerprint density at radius 2 is 2.23 bits per heavy atom. The van der Waals surface area contributed by atoms with E-state index in [4.69, 9.17) is 10.00 Å². The van der Waals surface area contributed by atoms with Gasteiger partial charge in [0.05, 0.1) is 11.6 Å². The van der Waals surface area contributed by atoms with Gasteiger partial charge in [0.25, 0.3) is 0 Å². The summed E-state index contributed by atoms with van der Waals surface area (Å²) in [6.07, 6.45) is 6.10. The lowest BCUT2D eigenvalue weighted by atomic mass is 9.97. The van der Waals surface area contributed by atoms with Crippen LogP contribution < -0.4 is 4.74 Å². The molecule has 114 valence electrons. The molecule has 0 spiro atoms. The van der Waals surface area contributed by atoms with Gasteiger partial charge in [-0.2, -0.15) is 5.26 Å². The minimum Gasteiger partial charge on any atom is -0.492 e. The molecule has 0 radical (unpaired) electrons. The predicted molar refractivity (Wildman–Crippen MR) is 83.7 cm³/mol. The number of piperidine rings is 1. The lowest BCUT2D eigenvalue weighted by Gasteiger charge is -2.31. The number of hydrogen-bond acceptors (Lipinski definition) is 4. The van der Waals surface area contributed by atoms with Crippen LogP contribution in [0.4, 0.5) is 0 Å². The van der Waals surface area contributed by atoms with Crippen LogP contribution in [0, 0.1) is 11.3 Å². The fourth-order valence-corrected chi connectivity index (χ4v) is 2.90. The van der Waals surface area contributed by atoms with Crippen molar-refractivity contribution < 1.29 is 4.74 Å². The Morgan fingerprint density at radius 3 is 2.95 bits per heavy atom. The molecule has 1 fully saturated rings. The van der Waals surface area contributed by atoms with Crippen molar-refractivity contribution in [2.45, 2.75) is 18.8 Å². The SMILES string of the molecule is N#Cc1ccc(OCCN2CCCC(c3ncc[nH]3)C2)cc1. The molecule has 22 heavy (non-hydrogen) atoms. The molecule has 1 saturated heterocycles. The normalized spacial score (nSPS) is 18.8. The Labute approximate surface area is 130 Å². The van der Waals surface area contributed by atoms with Gasteiger partial charge in [0.15, 0.2) is 0 Å². The summed E-state index contributed by atoms with van der Waals surface area (Å²) in [4.78, 5) is 10.0. The van der Waals surface area contributed by atoms with E-state index >= 15 is 0 Å². The molecule has 0 bridgehead atoms. The Hall–Kier alpha value is -2.32. The van der Waals surface area contributed by atoms with E-state index in [1.54, 1.807) is 12.1 Å². The molecular weight excluding hydrogens is 276 g/mol. The second-order valence-corrected chi connectivity index (χ2v) is 5.60. The van der Waals surface area contributed by atoms with E-state index in [1.165, 1.54) is 12.8 Å². The van der Waals surface area contributed by atoms with Crippen LogP contribution in [0.3, 0.4) is 0 Å². The van der Waals surface area contributed by atoms with Crippen molar-refractivity contribution in [3.8, 4) is 11.8 Å². The molecule has 1 aromatic heterocycles. The first kappa shape index (κ1) is 14.6. The van der Waals surface area contributed by atoms with Gasteiger partial charge in [0.2, 0.25) is 0 Å². The van der Waals surface area contributed by atoms with Crippen LogP contribution in [0.15, 0.2) is 36.7 Å². The number of nitrogens with zero attached hydrogens (tertiary/aromatic N) is 3. The summed E-state index contributed by atoms with van der Waals surface area (Å²) >= 11 is 0. The highest BCUT2D eigenvalue weighted by atomic mass is 16.5. The topological polar surface area (TPSA) is 64.9 Å². The minimum atomic E-state index is 0.499. The smallest absolute Gasteiger partial charge is 0.119 e. The van der Waals surface area contributed by atoms with E-state index in [-0.39, 0.29) is 0 Å². The van der Waals surface area contributed by atoms with Gasteiger partial charge in [-0.1, -0.05) is 0 Å². The number of nitrogens with one attached hydrogen (secondary N) is 1. The van der Waals surface area contributed by atoms with Crippen molar-refractivity contribution >= 4 is 0 Å². The van der Waals surface area contributed by atoms with Crippen molar-refractivity contribution in [1.82, 2.24) is 14.9 Å². The standard InChI is InChI=1S/C17H20N4O/c18-12-14-3-5-16(6-4-14)22-11-10-21-9-1-2-15(13-21)17-19-7-8-20-17/h3-8,15H,1-2,9-11,13H2,(H,19,20). The zero-order valence-electron chi connectivity index (χ0n) is 12.5. The Bertz CT molecular complexity index is 615. The summed E-state index contributed by atoms with van der Waals surface area (Å²) in [5.74, 6) is 2.41. The zero-order valence-corrected chi connectivity index (χ0v) is 12.5. The molecule has 5 nitrogen and oxygen atoms in total. The molecule has 3 rings (SSSR count). The number of imidazole rings is 1. The number of benzene rings is 1. The minimum absolute atomic E-state index is 0.499. The van der Waals surface area contributed by atoms with E-state index in [0.29, 0.717) is 18.1 Å². The number of likely N-dealkylation sites (tertiary alicyclic amines) is 1. The largest absolute Gasteiger partial charge is 0.492 e. The van der Waals surface area contributed by atoms with Crippen molar-refractivity contribution in [3.63, 3.8) is 0 Å². The average Bonchev–Trinajstić information content (AvgIpc) is 3.10. The Balaban J connectivity index is 1.46. The number of aromatic nitrogens is 2. The van der Waals surface area contributed by atoms with E-state index in [1.807, 2.05) is 24.5 Å².